The van der Waals surface area contributed by atoms with Crippen LogP contribution in [0.3, 0.4) is 0 Å². The fraction of sp³-hybridized carbons (Fsp3) is 0.440. The van der Waals surface area contributed by atoms with E-state index in [-0.39, 0.29) is 5.97 Å². The normalized spacial score (nSPS) is 16.4. The van der Waals surface area contributed by atoms with Gasteiger partial charge in [0.05, 0.1) is 42.5 Å². The van der Waals surface area contributed by atoms with Gasteiger partial charge in [-0.25, -0.2) is 15.0 Å². The van der Waals surface area contributed by atoms with Crippen LogP contribution in [0.1, 0.15) is 32.5 Å². The van der Waals surface area contributed by atoms with Crippen molar-refractivity contribution in [2.24, 2.45) is 4.99 Å². The summed E-state index contributed by atoms with van der Waals surface area (Å²) < 4.78 is 15.0. The number of carbonyl (C=O) groups is 1. The van der Waals surface area contributed by atoms with E-state index in [1.807, 2.05) is 31.5 Å². The SMILES string of the molecule is CCC1=c2c(ncn2CCOC(C)=O)=C(n2c(C)nc3ccccc32)N=C(N2CCOCC2)C1. The van der Waals surface area contributed by atoms with Crippen molar-refractivity contribution in [2.45, 2.75) is 40.2 Å². The molecule has 0 N–H and O–H groups in total. The van der Waals surface area contributed by atoms with Gasteiger partial charge in [-0.1, -0.05) is 19.1 Å². The number of fused-ring (bicyclic) bond motifs is 2. The number of esters is 1. The highest BCUT2D eigenvalue weighted by molar-refractivity contribution is 5.93. The van der Waals surface area contributed by atoms with Crippen molar-refractivity contribution in [2.75, 3.05) is 32.9 Å². The topological polar surface area (TPSA) is 86.8 Å². The monoisotopic (exact) mass is 462 g/mol. The summed E-state index contributed by atoms with van der Waals surface area (Å²) in [6.45, 7) is 9.47. The maximum Gasteiger partial charge on any atom is 0.302 e. The minimum absolute atomic E-state index is 0.281. The summed E-state index contributed by atoms with van der Waals surface area (Å²) in [5, 5.41) is 1.88. The molecule has 0 spiro atoms. The zero-order valence-corrected chi connectivity index (χ0v) is 20.0. The second-order valence-corrected chi connectivity index (χ2v) is 8.54. The van der Waals surface area contributed by atoms with Gasteiger partial charge in [0.2, 0.25) is 0 Å². The lowest BCUT2D eigenvalue weighted by molar-refractivity contribution is -0.141. The molecular formula is C25H30N6O3. The lowest BCUT2D eigenvalue weighted by atomic mass is 10.1. The molecular weight excluding hydrogens is 432 g/mol. The van der Waals surface area contributed by atoms with E-state index in [0.717, 1.165) is 65.1 Å². The van der Waals surface area contributed by atoms with Crippen molar-refractivity contribution < 1.29 is 14.3 Å². The number of carbonyl (C=O) groups excluding carboxylic acids is 1. The third-order valence-electron chi connectivity index (χ3n) is 6.37. The summed E-state index contributed by atoms with van der Waals surface area (Å²) in [7, 11) is 0. The van der Waals surface area contributed by atoms with E-state index in [1.165, 1.54) is 12.5 Å². The fourth-order valence-corrected chi connectivity index (χ4v) is 4.73. The van der Waals surface area contributed by atoms with Crippen LogP contribution in [0.4, 0.5) is 0 Å². The number of aryl methyl sites for hydroxylation is 1. The minimum atomic E-state index is -0.281. The Morgan fingerprint density at radius 1 is 1.21 bits per heavy atom. The highest BCUT2D eigenvalue weighted by Gasteiger charge is 2.23. The molecule has 9 heteroatoms. The smallest absolute Gasteiger partial charge is 0.302 e. The number of nitrogens with zero attached hydrogens (tertiary/aromatic N) is 6. The van der Waals surface area contributed by atoms with Gasteiger partial charge in [-0.05, 0) is 31.1 Å². The van der Waals surface area contributed by atoms with Crippen molar-refractivity contribution in [3.8, 4) is 0 Å². The predicted molar refractivity (Wildman–Crippen MR) is 130 cm³/mol. The molecule has 0 radical (unpaired) electrons. The average molecular weight is 463 g/mol. The molecule has 0 saturated carbocycles. The number of aromatic nitrogens is 4. The molecule has 1 saturated heterocycles. The molecule has 2 aliphatic rings. The van der Waals surface area contributed by atoms with Gasteiger partial charge in [-0.3, -0.25) is 9.36 Å². The highest BCUT2D eigenvalue weighted by atomic mass is 16.5. The Labute approximate surface area is 198 Å². The number of imidazole rings is 2. The van der Waals surface area contributed by atoms with Gasteiger partial charge in [-0.15, -0.1) is 0 Å². The van der Waals surface area contributed by atoms with Gasteiger partial charge in [0.25, 0.3) is 0 Å². The van der Waals surface area contributed by atoms with E-state index in [0.29, 0.717) is 26.4 Å². The molecule has 2 aromatic heterocycles. The average Bonchev–Trinajstić information content (AvgIpc) is 3.35. The van der Waals surface area contributed by atoms with Crippen LogP contribution in [0, 0.1) is 6.92 Å². The van der Waals surface area contributed by atoms with E-state index in [2.05, 4.69) is 27.0 Å². The summed E-state index contributed by atoms with van der Waals surface area (Å²) in [5.41, 5.74) is 3.19. The summed E-state index contributed by atoms with van der Waals surface area (Å²) in [4.78, 5) is 28.5. The Morgan fingerprint density at radius 3 is 2.76 bits per heavy atom. The van der Waals surface area contributed by atoms with Crippen LogP contribution in [0.2, 0.25) is 0 Å². The molecule has 0 bridgehead atoms. The zero-order valence-electron chi connectivity index (χ0n) is 20.0. The first kappa shape index (κ1) is 22.3. The molecule has 5 rings (SSSR count). The lowest BCUT2D eigenvalue weighted by Gasteiger charge is -2.30. The number of hydrogen-bond donors (Lipinski definition) is 0. The first-order valence-electron chi connectivity index (χ1n) is 11.8. The first-order valence-corrected chi connectivity index (χ1v) is 11.8. The number of morpholine rings is 1. The number of hydrogen-bond acceptors (Lipinski definition) is 7. The van der Waals surface area contributed by atoms with Crippen molar-refractivity contribution in [1.82, 2.24) is 24.0 Å². The van der Waals surface area contributed by atoms with Crippen molar-refractivity contribution in [1.29, 1.82) is 0 Å². The molecule has 0 unspecified atom stereocenters. The molecule has 0 aliphatic carbocycles. The van der Waals surface area contributed by atoms with Gasteiger partial charge in [-0.2, -0.15) is 0 Å². The maximum atomic E-state index is 11.3. The molecule has 3 aromatic rings. The van der Waals surface area contributed by atoms with Crippen molar-refractivity contribution >= 4 is 34.2 Å². The van der Waals surface area contributed by atoms with Gasteiger partial charge in [0.15, 0.2) is 5.82 Å². The van der Waals surface area contributed by atoms with Crippen molar-refractivity contribution in [3.63, 3.8) is 0 Å². The number of ether oxygens (including phenoxy) is 2. The molecule has 34 heavy (non-hydrogen) atoms. The number of benzene rings is 1. The quantitative estimate of drug-likeness (QED) is 0.533. The van der Waals surface area contributed by atoms with E-state index < -0.39 is 0 Å². The number of para-hydroxylation sites is 2. The maximum absolute atomic E-state index is 11.3. The Kier molecular flexibility index (Phi) is 6.19. The Morgan fingerprint density at radius 2 is 2.00 bits per heavy atom. The van der Waals surface area contributed by atoms with Crippen molar-refractivity contribution in [3.05, 3.63) is 47.1 Å². The van der Waals surface area contributed by atoms with E-state index in [9.17, 15) is 4.79 Å². The van der Waals surface area contributed by atoms with E-state index >= 15 is 0 Å². The fourth-order valence-electron chi connectivity index (χ4n) is 4.73. The minimum Gasteiger partial charge on any atom is -0.464 e. The molecule has 2 aliphatic heterocycles. The molecule has 4 heterocycles. The third kappa shape index (κ3) is 4.11. The van der Waals surface area contributed by atoms with Crippen LogP contribution >= 0.6 is 0 Å². The molecule has 1 aromatic carbocycles. The largest absolute Gasteiger partial charge is 0.464 e. The van der Waals surface area contributed by atoms with Gasteiger partial charge in [0.1, 0.15) is 23.6 Å². The Hall–Kier alpha value is -3.46. The second kappa shape index (κ2) is 9.42. The second-order valence-electron chi connectivity index (χ2n) is 8.54. The molecule has 0 atom stereocenters. The van der Waals surface area contributed by atoms with Gasteiger partial charge < -0.3 is 18.9 Å². The first-order chi connectivity index (χ1) is 16.6. The van der Waals surface area contributed by atoms with Gasteiger partial charge >= 0.3 is 5.97 Å². The van der Waals surface area contributed by atoms with Crippen LogP contribution in [0.25, 0.3) is 22.4 Å². The Balaban J connectivity index is 1.75. The molecule has 178 valence electrons. The summed E-state index contributed by atoms with van der Waals surface area (Å²) >= 11 is 0. The van der Waals surface area contributed by atoms with Crippen LogP contribution in [0.15, 0.2) is 35.6 Å². The highest BCUT2D eigenvalue weighted by Crippen LogP contribution is 2.22. The molecule has 0 amide bonds. The van der Waals surface area contributed by atoms with Crippen LogP contribution < -0.4 is 10.7 Å². The predicted octanol–water partition coefficient (Wildman–Crippen LogP) is 1.41. The van der Waals surface area contributed by atoms with E-state index in [1.54, 1.807) is 0 Å². The zero-order chi connectivity index (χ0) is 23.7. The van der Waals surface area contributed by atoms with Crippen LogP contribution in [-0.2, 0) is 20.8 Å². The molecule has 9 nitrogen and oxygen atoms in total. The summed E-state index contributed by atoms with van der Waals surface area (Å²) in [6, 6.07) is 8.10. The van der Waals surface area contributed by atoms with Gasteiger partial charge in [0, 0.05) is 26.4 Å². The van der Waals surface area contributed by atoms with E-state index in [4.69, 9.17) is 24.4 Å². The van der Waals surface area contributed by atoms with Crippen LogP contribution in [-0.4, -0.2) is 68.7 Å². The third-order valence-corrected chi connectivity index (χ3v) is 6.37. The summed E-state index contributed by atoms with van der Waals surface area (Å²) in [5.74, 6) is 2.38. The Bertz CT molecular complexity index is 1380. The number of aliphatic imine (C=N–C) groups is 1. The standard InChI is InChI=1S/C25H30N6O3/c1-4-19-15-22(29-9-12-33-13-10-29)28-25(31-17(2)27-20-7-5-6-8-21(20)31)23-24(19)30(16-26-23)11-14-34-18(3)32/h5-8,16H,4,9-15H2,1-3H3. The molecule has 1 fully saturated rings. The lowest BCUT2D eigenvalue weighted by Crippen LogP contribution is -2.41. The number of amidine groups is 1. The summed E-state index contributed by atoms with van der Waals surface area (Å²) in [6.07, 6.45) is 3.43. The van der Waals surface area contributed by atoms with Crippen LogP contribution in [0.5, 0.6) is 0 Å². The number of rotatable bonds is 5.